The molecule has 1 amide bonds. The van der Waals surface area contributed by atoms with Gasteiger partial charge >= 0.3 is 6.18 Å². The first-order valence-electron chi connectivity index (χ1n) is 10.2. The van der Waals surface area contributed by atoms with Gasteiger partial charge in [-0.3, -0.25) is 9.48 Å². The third-order valence-electron chi connectivity index (χ3n) is 5.90. The highest BCUT2D eigenvalue weighted by atomic mass is 35.5. The minimum absolute atomic E-state index is 0.0235. The minimum atomic E-state index is -4.62. The van der Waals surface area contributed by atoms with Crippen LogP contribution in [0.15, 0.2) is 18.2 Å². The van der Waals surface area contributed by atoms with Crippen LogP contribution in [-0.4, -0.2) is 40.3 Å². The average Bonchev–Trinajstić information content (AvgIpc) is 3.09. The van der Waals surface area contributed by atoms with Gasteiger partial charge in [-0.05, 0) is 37.3 Å². The van der Waals surface area contributed by atoms with Crippen molar-refractivity contribution in [2.24, 2.45) is 5.92 Å². The Labute approximate surface area is 181 Å². The summed E-state index contributed by atoms with van der Waals surface area (Å²) in [6.45, 7) is 1.30. The third kappa shape index (κ3) is 4.87. The van der Waals surface area contributed by atoms with Crippen molar-refractivity contribution in [1.82, 2.24) is 14.7 Å². The predicted octanol–water partition coefficient (Wildman–Crippen LogP) is 4.44. The van der Waals surface area contributed by atoms with Gasteiger partial charge in [0, 0.05) is 42.3 Å². The molecule has 1 aromatic carbocycles. The van der Waals surface area contributed by atoms with Gasteiger partial charge in [0.25, 0.3) is 0 Å². The van der Waals surface area contributed by atoms with Gasteiger partial charge in [-0.1, -0.05) is 17.7 Å². The van der Waals surface area contributed by atoms with Gasteiger partial charge in [-0.2, -0.15) is 18.3 Å². The quantitative estimate of drug-likeness (QED) is 0.635. The first-order chi connectivity index (χ1) is 14.7. The van der Waals surface area contributed by atoms with Crippen molar-refractivity contribution in [2.45, 2.75) is 44.9 Å². The van der Waals surface area contributed by atoms with Crippen LogP contribution in [-0.2, 0) is 35.2 Å². The van der Waals surface area contributed by atoms with Crippen LogP contribution < -0.4 is 0 Å². The molecule has 0 aliphatic carbocycles. The molecular formula is C21H22ClF4N3O2. The smallest absolute Gasteiger partial charge is 0.381 e. The molecule has 1 aromatic heterocycles. The van der Waals surface area contributed by atoms with Crippen molar-refractivity contribution in [3.8, 4) is 0 Å². The van der Waals surface area contributed by atoms with Crippen molar-refractivity contribution < 1.29 is 27.1 Å². The molecule has 4 rings (SSSR count). The zero-order chi connectivity index (χ0) is 22.2. The van der Waals surface area contributed by atoms with E-state index in [0.29, 0.717) is 25.3 Å². The molecule has 1 saturated heterocycles. The van der Waals surface area contributed by atoms with E-state index in [1.54, 1.807) is 4.90 Å². The van der Waals surface area contributed by atoms with E-state index < -0.39 is 17.7 Å². The molecular weight excluding hydrogens is 438 g/mol. The first-order valence-corrected chi connectivity index (χ1v) is 10.6. The second-order valence-corrected chi connectivity index (χ2v) is 8.43. The lowest BCUT2D eigenvalue weighted by molar-refractivity contribution is -0.142. The van der Waals surface area contributed by atoms with Crippen molar-refractivity contribution in [3.05, 3.63) is 51.6 Å². The number of halogens is 5. The largest absolute Gasteiger partial charge is 0.435 e. The molecule has 168 valence electrons. The molecule has 3 heterocycles. The number of carbonyl (C=O) groups excluding carboxylic acids is 1. The molecule has 10 heteroatoms. The molecule has 2 aliphatic rings. The van der Waals surface area contributed by atoms with Crippen LogP contribution in [0.4, 0.5) is 17.6 Å². The maximum Gasteiger partial charge on any atom is 0.435 e. The van der Waals surface area contributed by atoms with E-state index in [4.69, 9.17) is 16.3 Å². The summed E-state index contributed by atoms with van der Waals surface area (Å²) in [4.78, 5) is 14.4. The number of aromatic nitrogens is 2. The van der Waals surface area contributed by atoms with Gasteiger partial charge in [-0.15, -0.1) is 0 Å². The molecule has 31 heavy (non-hydrogen) atoms. The Morgan fingerprint density at radius 2 is 2.00 bits per heavy atom. The highest BCUT2D eigenvalue weighted by molar-refractivity contribution is 6.30. The maximum atomic E-state index is 14.3. The molecule has 0 atom stereocenters. The second-order valence-electron chi connectivity index (χ2n) is 7.99. The highest BCUT2D eigenvalue weighted by Gasteiger charge is 2.41. The Morgan fingerprint density at radius 3 is 2.68 bits per heavy atom. The molecule has 5 nitrogen and oxygen atoms in total. The van der Waals surface area contributed by atoms with Crippen molar-refractivity contribution in [3.63, 3.8) is 0 Å². The number of hydrogen-bond acceptors (Lipinski definition) is 3. The number of fused-ring (bicyclic) bond motifs is 1. The number of rotatable bonds is 4. The summed E-state index contributed by atoms with van der Waals surface area (Å²) in [5.41, 5.74) is -0.410. The lowest BCUT2D eigenvalue weighted by atomic mass is 9.95. The van der Waals surface area contributed by atoms with Crippen LogP contribution >= 0.6 is 11.6 Å². The fraction of sp³-hybridized carbons (Fsp3) is 0.524. The standard InChI is InChI=1S/C21H22ClF4N3O2/c22-15-2-1-14(17(23)10-15)11-29-18-12-28(19(30)9-13-4-7-31-8-5-13)6-3-16(18)20(27-29)21(24,25)26/h1-2,10,13H,3-9,11-12H2. The number of carbonyl (C=O) groups is 1. The molecule has 0 spiro atoms. The van der Waals surface area contributed by atoms with Crippen LogP contribution in [0.5, 0.6) is 0 Å². The summed E-state index contributed by atoms with van der Waals surface area (Å²) in [7, 11) is 0. The number of ether oxygens (including phenoxy) is 1. The zero-order valence-corrected chi connectivity index (χ0v) is 17.5. The van der Waals surface area contributed by atoms with E-state index in [0.717, 1.165) is 18.9 Å². The SMILES string of the molecule is O=C(CC1CCOCC1)N1CCc2c(C(F)(F)F)nn(Cc3ccc(Cl)cc3F)c2C1. The third-order valence-corrected chi connectivity index (χ3v) is 6.13. The lowest BCUT2D eigenvalue weighted by Gasteiger charge is -2.30. The number of amides is 1. The predicted molar refractivity (Wildman–Crippen MR) is 105 cm³/mol. The molecule has 0 unspecified atom stereocenters. The topological polar surface area (TPSA) is 47.4 Å². The number of hydrogen-bond donors (Lipinski definition) is 0. The number of benzene rings is 1. The van der Waals surface area contributed by atoms with Crippen molar-refractivity contribution in [1.29, 1.82) is 0 Å². The fourth-order valence-corrected chi connectivity index (χ4v) is 4.35. The average molecular weight is 460 g/mol. The zero-order valence-electron chi connectivity index (χ0n) is 16.7. The fourth-order valence-electron chi connectivity index (χ4n) is 4.19. The van der Waals surface area contributed by atoms with Gasteiger partial charge in [0.15, 0.2) is 5.69 Å². The molecule has 0 bridgehead atoms. The van der Waals surface area contributed by atoms with E-state index in [9.17, 15) is 22.4 Å². The summed E-state index contributed by atoms with van der Waals surface area (Å²) >= 11 is 5.77. The van der Waals surface area contributed by atoms with E-state index in [-0.39, 0.29) is 54.0 Å². The summed E-state index contributed by atoms with van der Waals surface area (Å²) in [5.74, 6) is -0.480. The number of alkyl halides is 3. The van der Waals surface area contributed by atoms with Crippen molar-refractivity contribution in [2.75, 3.05) is 19.8 Å². The van der Waals surface area contributed by atoms with Crippen LogP contribution in [0, 0.1) is 11.7 Å². The highest BCUT2D eigenvalue weighted by Crippen LogP contribution is 2.36. The van der Waals surface area contributed by atoms with Crippen LogP contribution in [0.25, 0.3) is 0 Å². The van der Waals surface area contributed by atoms with E-state index in [1.165, 1.54) is 16.8 Å². The van der Waals surface area contributed by atoms with Crippen LogP contribution in [0.3, 0.4) is 0 Å². The van der Waals surface area contributed by atoms with Gasteiger partial charge in [-0.25, -0.2) is 4.39 Å². The van der Waals surface area contributed by atoms with Gasteiger partial charge in [0.05, 0.1) is 18.8 Å². The van der Waals surface area contributed by atoms with Gasteiger partial charge in [0.1, 0.15) is 5.82 Å². The second kappa shape index (κ2) is 8.78. The Balaban J connectivity index is 1.59. The van der Waals surface area contributed by atoms with Crippen LogP contribution in [0.1, 0.15) is 41.8 Å². The molecule has 2 aromatic rings. The monoisotopic (exact) mass is 459 g/mol. The van der Waals surface area contributed by atoms with E-state index in [2.05, 4.69) is 5.10 Å². The minimum Gasteiger partial charge on any atom is -0.381 e. The van der Waals surface area contributed by atoms with E-state index >= 15 is 0 Å². The van der Waals surface area contributed by atoms with Gasteiger partial charge in [0.2, 0.25) is 5.91 Å². The first kappa shape index (κ1) is 22.1. The summed E-state index contributed by atoms with van der Waals surface area (Å²) in [5, 5.41) is 3.97. The molecule has 0 saturated carbocycles. The Hall–Kier alpha value is -2.13. The summed E-state index contributed by atoms with van der Waals surface area (Å²) in [6, 6.07) is 4.02. The maximum absolute atomic E-state index is 14.3. The molecule has 0 radical (unpaired) electrons. The Bertz CT molecular complexity index is 970. The Morgan fingerprint density at radius 1 is 1.26 bits per heavy atom. The van der Waals surface area contributed by atoms with Crippen LogP contribution in [0.2, 0.25) is 5.02 Å². The summed E-state index contributed by atoms with van der Waals surface area (Å²) in [6.07, 6.45) is -2.60. The normalized spacial score (nSPS) is 17.6. The van der Waals surface area contributed by atoms with E-state index in [1.807, 2.05) is 0 Å². The van der Waals surface area contributed by atoms with Crippen molar-refractivity contribution >= 4 is 17.5 Å². The molecule has 0 N–H and O–H groups in total. The van der Waals surface area contributed by atoms with Gasteiger partial charge < -0.3 is 9.64 Å². The summed E-state index contributed by atoms with van der Waals surface area (Å²) < 4.78 is 61.4. The number of nitrogens with zero attached hydrogens (tertiary/aromatic N) is 3. The molecule has 2 aliphatic heterocycles. The molecule has 1 fully saturated rings. The Kier molecular flexibility index (Phi) is 6.25. The lowest BCUT2D eigenvalue weighted by Crippen LogP contribution is -2.38.